The number of amides is 1. The summed E-state index contributed by atoms with van der Waals surface area (Å²) in [6.45, 7) is 2.04. The fraction of sp³-hybridized carbons (Fsp3) is 0.467. The van der Waals surface area contributed by atoms with Crippen LogP contribution in [0.25, 0.3) is 0 Å². The van der Waals surface area contributed by atoms with Crippen LogP contribution in [-0.2, 0) is 0 Å². The molecule has 0 heterocycles. The van der Waals surface area contributed by atoms with Gasteiger partial charge in [0.25, 0.3) is 5.91 Å². The Morgan fingerprint density at radius 1 is 1.17 bits per heavy atom. The lowest BCUT2D eigenvalue weighted by molar-refractivity contribution is 0.0954. The third-order valence-corrected chi connectivity index (χ3v) is 4.10. The summed E-state index contributed by atoms with van der Waals surface area (Å²) in [5.74, 6) is 1.37. The molecule has 5 nitrogen and oxygen atoms in total. The first-order valence-corrected chi connectivity index (χ1v) is 8.03. The van der Waals surface area contributed by atoms with Gasteiger partial charge < -0.3 is 16.0 Å². The standard InChI is InChI=1S/C15H20Cl2N4O.HI/c1-18-15(21-9-10-2-3-10)20-7-6-19-14(22)11-4-5-12(16)13(17)8-11;/h4-5,8,10H,2-3,6-7,9H2,1H3,(H,19,22)(H2,18,20,21);1H. The molecule has 0 spiro atoms. The molecule has 0 bridgehead atoms. The SMILES string of the molecule is CN=C(NCCNC(=O)c1ccc(Cl)c(Cl)c1)NCC1CC1.I. The largest absolute Gasteiger partial charge is 0.356 e. The predicted octanol–water partition coefficient (Wildman–Crippen LogP) is 2.92. The van der Waals surface area contributed by atoms with Crippen LogP contribution in [0.1, 0.15) is 23.2 Å². The van der Waals surface area contributed by atoms with Gasteiger partial charge in [-0.3, -0.25) is 9.79 Å². The van der Waals surface area contributed by atoms with E-state index in [1.165, 1.54) is 12.8 Å². The summed E-state index contributed by atoms with van der Waals surface area (Å²) < 4.78 is 0. The molecule has 128 valence electrons. The van der Waals surface area contributed by atoms with Gasteiger partial charge in [-0.2, -0.15) is 0 Å². The maximum atomic E-state index is 12.0. The lowest BCUT2D eigenvalue weighted by atomic mass is 10.2. The molecule has 0 saturated heterocycles. The van der Waals surface area contributed by atoms with Gasteiger partial charge in [0.1, 0.15) is 0 Å². The Kier molecular flexibility index (Phi) is 9.01. The Morgan fingerprint density at radius 2 is 1.87 bits per heavy atom. The number of nitrogens with one attached hydrogen (secondary N) is 3. The van der Waals surface area contributed by atoms with Gasteiger partial charge in [0.2, 0.25) is 0 Å². The van der Waals surface area contributed by atoms with Crippen molar-refractivity contribution in [3.63, 3.8) is 0 Å². The molecule has 23 heavy (non-hydrogen) atoms. The maximum Gasteiger partial charge on any atom is 0.251 e. The van der Waals surface area contributed by atoms with Crippen LogP contribution < -0.4 is 16.0 Å². The molecular weight excluding hydrogens is 450 g/mol. The number of hydrogen-bond acceptors (Lipinski definition) is 2. The van der Waals surface area contributed by atoms with Gasteiger partial charge in [-0.15, -0.1) is 24.0 Å². The molecule has 1 amide bonds. The molecule has 8 heteroatoms. The zero-order valence-corrected chi connectivity index (χ0v) is 16.7. The Morgan fingerprint density at radius 3 is 2.48 bits per heavy atom. The first-order chi connectivity index (χ1) is 10.6. The summed E-state index contributed by atoms with van der Waals surface area (Å²) in [5, 5.41) is 10.0. The lowest BCUT2D eigenvalue weighted by Gasteiger charge is -2.12. The second-order valence-electron chi connectivity index (χ2n) is 5.21. The molecule has 1 saturated carbocycles. The number of guanidine groups is 1. The third-order valence-electron chi connectivity index (χ3n) is 3.36. The molecule has 3 N–H and O–H groups in total. The number of carbonyl (C=O) groups is 1. The fourth-order valence-electron chi connectivity index (χ4n) is 1.88. The lowest BCUT2D eigenvalue weighted by Crippen LogP contribution is -2.42. The van der Waals surface area contributed by atoms with Crippen molar-refractivity contribution in [1.29, 1.82) is 0 Å². The number of nitrogens with zero attached hydrogens (tertiary/aromatic N) is 1. The van der Waals surface area contributed by atoms with Crippen molar-refractivity contribution in [3.8, 4) is 0 Å². The first kappa shape index (κ1) is 20.3. The second kappa shape index (κ2) is 10.2. The number of rotatable bonds is 6. The average Bonchev–Trinajstić information content (AvgIpc) is 3.33. The topological polar surface area (TPSA) is 65.5 Å². The minimum absolute atomic E-state index is 0. The van der Waals surface area contributed by atoms with Crippen LogP contribution in [0.15, 0.2) is 23.2 Å². The van der Waals surface area contributed by atoms with E-state index in [1.807, 2.05) is 0 Å². The summed E-state index contributed by atoms with van der Waals surface area (Å²) in [5.41, 5.74) is 0.491. The maximum absolute atomic E-state index is 12.0. The summed E-state index contributed by atoms with van der Waals surface area (Å²) in [4.78, 5) is 16.1. The summed E-state index contributed by atoms with van der Waals surface area (Å²) in [6, 6.07) is 4.82. The van der Waals surface area contributed by atoms with Crippen molar-refractivity contribution < 1.29 is 4.79 Å². The van der Waals surface area contributed by atoms with Crippen molar-refractivity contribution in [2.75, 3.05) is 26.7 Å². The third kappa shape index (κ3) is 7.14. The van der Waals surface area contributed by atoms with Crippen molar-refractivity contribution in [3.05, 3.63) is 33.8 Å². The van der Waals surface area contributed by atoms with E-state index < -0.39 is 0 Å². The molecule has 0 aliphatic heterocycles. The molecule has 1 fully saturated rings. The number of aliphatic imine (C=N–C) groups is 1. The van der Waals surface area contributed by atoms with E-state index in [0.29, 0.717) is 28.7 Å². The zero-order chi connectivity index (χ0) is 15.9. The van der Waals surface area contributed by atoms with Crippen molar-refractivity contribution in [2.45, 2.75) is 12.8 Å². The highest BCUT2D eigenvalue weighted by Gasteiger charge is 2.20. The van der Waals surface area contributed by atoms with E-state index in [0.717, 1.165) is 18.4 Å². The molecular formula is C15H21Cl2IN4O. The van der Waals surface area contributed by atoms with Crippen molar-refractivity contribution in [2.24, 2.45) is 10.9 Å². The van der Waals surface area contributed by atoms with Crippen LogP contribution in [0.4, 0.5) is 0 Å². The minimum Gasteiger partial charge on any atom is -0.356 e. The molecule has 0 unspecified atom stereocenters. The molecule has 1 aromatic rings. The van der Waals surface area contributed by atoms with E-state index in [2.05, 4.69) is 20.9 Å². The highest BCUT2D eigenvalue weighted by atomic mass is 127. The summed E-state index contributed by atoms with van der Waals surface area (Å²) in [7, 11) is 1.73. The molecule has 1 aromatic carbocycles. The van der Waals surface area contributed by atoms with Crippen molar-refractivity contribution >= 4 is 59.0 Å². The Hall–Kier alpha value is -0.730. The molecule has 1 aliphatic rings. The van der Waals surface area contributed by atoms with E-state index in [4.69, 9.17) is 23.2 Å². The normalized spacial score (nSPS) is 14.0. The number of hydrogen-bond donors (Lipinski definition) is 3. The second-order valence-corrected chi connectivity index (χ2v) is 6.02. The van der Waals surface area contributed by atoms with E-state index in [-0.39, 0.29) is 29.9 Å². The highest BCUT2D eigenvalue weighted by Crippen LogP contribution is 2.27. The Labute approximate surface area is 163 Å². The van der Waals surface area contributed by atoms with Gasteiger partial charge in [-0.05, 0) is 37.0 Å². The molecule has 0 radical (unpaired) electrons. The highest BCUT2D eigenvalue weighted by molar-refractivity contribution is 14.0. The molecule has 2 rings (SSSR count). The van der Waals surface area contributed by atoms with Gasteiger partial charge in [-0.1, -0.05) is 23.2 Å². The van der Waals surface area contributed by atoms with Gasteiger partial charge in [0.05, 0.1) is 10.0 Å². The first-order valence-electron chi connectivity index (χ1n) is 7.28. The van der Waals surface area contributed by atoms with Crippen molar-refractivity contribution in [1.82, 2.24) is 16.0 Å². The van der Waals surface area contributed by atoms with Gasteiger partial charge >= 0.3 is 0 Å². The number of benzene rings is 1. The van der Waals surface area contributed by atoms with Gasteiger partial charge in [0, 0.05) is 32.2 Å². The predicted molar refractivity (Wildman–Crippen MR) is 106 cm³/mol. The van der Waals surface area contributed by atoms with Crippen LogP contribution in [0.2, 0.25) is 10.0 Å². The smallest absolute Gasteiger partial charge is 0.251 e. The average molecular weight is 471 g/mol. The minimum atomic E-state index is -0.179. The van der Waals surface area contributed by atoms with E-state index >= 15 is 0 Å². The van der Waals surface area contributed by atoms with Crippen LogP contribution in [-0.4, -0.2) is 38.5 Å². The quantitative estimate of drug-likeness (QED) is 0.259. The number of halogens is 3. The molecule has 0 atom stereocenters. The fourth-order valence-corrected chi connectivity index (χ4v) is 2.18. The zero-order valence-electron chi connectivity index (χ0n) is 12.9. The monoisotopic (exact) mass is 470 g/mol. The summed E-state index contributed by atoms with van der Waals surface area (Å²) >= 11 is 11.7. The van der Waals surface area contributed by atoms with Gasteiger partial charge in [0.15, 0.2) is 5.96 Å². The summed E-state index contributed by atoms with van der Waals surface area (Å²) in [6.07, 6.45) is 2.59. The van der Waals surface area contributed by atoms with E-state index in [9.17, 15) is 4.79 Å². The Balaban J connectivity index is 0.00000264. The van der Waals surface area contributed by atoms with Gasteiger partial charge in [-0.25, -0.2) is 0 Å². The Bertz CT molecular complexity index is 564. The van der Waals surface area contributed by atoms with Crippen LogP contribution >= 0.6 is 47.2 Å². The van der Waals surface area contributed by atoms with E-state index in [1.54, 1.807) is 25.2 Å². The number of carbonyl (C=O) groups excluding carboxylic acids is 1. The molecule has 0 aromatic heterocycles. The van der Waals surface area contributed by atoms with Crippen LogP contribution in [0.3, 0.4) is 0 Å². The van der Waals surface area contributed by atoms with Crippen LogP contribution in [0, 0.1) is 5.92 Å². The molecule has 1 aliphatic carbocycles. The van der Waals surface area contributed by atoms with Crippen LogP contribution in [0.5, 0.6) is 0 Å².